The van der Waals surface area contributed by atoms with Crippen LogP contribution in [-0.2, 0) is 9.53 Å². The normalized spacial score (nSPS) is 32.7. The number of hydrogen-bond donors (Lipinski definition) is 0. The summed E-state index contributed by atoms with van der Waals surface area (Å²) in [5.41, 5.74) is -1.55. The van der Waals surface area contributed by atoms with Crippen LogP contribution in [0.1, 0.15) is 54.4 Å². The molecule has 1 aliphatic carbocycles. The third-order valence-corrected chi connectivity index (χ3v) is 5.05. The Bertz CT molecular complexity index is 586. The lowest BCUT2D eigenvalue weighted by Crippen LogP contribution is -2.46. The van der Waals surface area contributed by atoms with Crippen LogP contribution in [0.3, 0.4) is 0 Å². The lowest BCUT2D eigenvalue weighted by atomic mass is 9.70. The molecule has 0 fully saturated rings. The molecular formula is C17H26N2O4. The molecule has 0 bridgehead atoms. The van der Waals surface area contributed by atoms with Gasteiger partial charge in [-0.2, -0.15) is 0 Å². The maximum absolute atomic E-state index is 12.2. The third kappa shape index (κ3) is 3.03. The molecule has 2 unspecified atom stereocenters. The number of carbonyl (C=O) groups excluding carboxylic acids is 1. The SMILES string of the molecule is C[C@@H]1CC=C(C2([N+](=O)[O-])C=NC(C(=O)OC(C)(C)C)C2)C1(C)C. The highest BCUT2D eigenvalue weighted by molar-refractivity contribution is 5.86. The van der Waals surface area contributed by atoms with E-state index in [9.17, 15) is 14.9 Å². The van der Waals surface area contributed by atoms with Crippen molar-refractivity contribution in [3.05, 3.63) is 21.8 Å². The minimum atomic E-state index is -1.39. The van der Waals surface area contributed by atoms with Crippen LogP contribution in [0, 0.1) is 21.4 Å². The molecule has 1 heterocycles. The summed E-state index contributed by atoms with van der Waals surface area (Å²) in [6, 6.07) is -0.813. The fourth-order valence-corrected chi connectivity index (χ4v) is 3.38. The van der Waals surface area contributed by atoms with Gasteiger partial charge in [0.1, 0.15) is 5.60 Å². The zero-order valence-electron chi connectivity index (χ0n) is 14.8. The molecule has 6 heteroatoms. The lowest BCUT2D eigenvalue weighted by molar-refractivity contribution is -0.536. The van der Waals surface area contributed by atoms with Gasteiger partial charge in [-0.05, 0) is 38.5 Å². The summed E-state index contributed by atoms with van der Waals surface area (Å²) in [7, 11) is 0. The first-order valence-electron chi connectivity index (χ1n) is 8.03. The van der Waals surface area contributed by atoms with E-state index >= 15 is 0 Å². The van der Waals surface area contributed by atoms with Crippen LogP contribution in [0.25, 0.3) is 0 Å². The van der Waals surface area contributed by atoms with Crippen molar-refractivity contribution in [1.29, 1.82) is 0 Å². The standard InChI is InChI=1S/C17H26N2O4/c1-11-7-8-13(16(11,5)6)17(19(21)22)9-12(18-10-17)14(20)23-15(2,3)4/h8,10-12H,7,9H2,1-6H3/t11-,12?,17?/m1/s1. The largest absolute Gasteiger partial charge is 0.458 e. The molecule has 6 nitrogen and oxygen atoms in total. The Labute approximate surface area is 137 Å². The maximum Gasteiger partial charge on any atom is 0.331 e. The zero-order chi connectivity index (χ0) is 17.6. The van der Waals surface area contributed by atoms with Crippen molar-refractivity contribution in [3.8, 4) is 0 Å². The number of ether oxygens (including phenoxy) is 1. The third-order valence-electron chi connectivity index (χ3n) is 5.05. The molecule has 128 valence electrons. The summed E-state index contributed by atoms with van der Waals surface area (Å²) in [5.74, 6) is -0.176. The molecule has 0 aromatic carbocycles. The summed E-state index contributed by atoms with van der Waals surface area (Å²) in [4.78, 5) is 28.0. The number of nitro groups is 1. The Morgan fingerprint density at radius 2 is 2.04 bits per heavy atom. The van der Waals surface area contributed by atoms with Crippen molar-refractivity contribution in [2.75, 3.05) is 0 Å². The van der Waals surface area contributed by atoms with E-state index in [0.29, 0.717) is 5.92 Å². The van der Waals surface area contributed by atoms with E-state index < -0.39 is 23.2 Å². The van der Waals surface area contributed by atoms with Gasteiger partial charge in [0.2, 0.25) is 0 Å². The van der Waals surface area contributed by atoms with Gasteiger partial charge in [0.15, 0.2) is 6.04 Å². The van der Waals surface area contributed by atoms with Crippen LogP contribution in [0.2, 0.25) is 0 Å². The monoisotopic (exact) mass is 322 g/mol. The highest BCUT2D eigenvalue weighted by Crippen LogP contribution is 2.50. The number of aliphatic imine (C=N–C) groups is 1. The van der Waals surface area contributed by atoms with E-state index in [2.05, 4.69) is 11.9 Å². The van der Waals surface area contributed by atoms with Gasteiger partial charge in [0.25, 0.3) is 5.54 Å². The van der Waals surface area contributed by atoms with Crippen LogP contribution >= 0.6 is 0 Å². The number of hydrogen-bond acceptors (Lipinski definition) is 5. The molecule has 0 radical (unpaired) electrons. The second-order valence-corrected chi connectivity index (χ2v) is 8.19. The van der Waals surface area contributed by atoms with Crippen LogP contribution in [0.4, 0.5) is 0 Å². The van der Waals surface area contributed by atoms with Crippen LogP contribution < -0.4 is 0 Å². The molecule has 0 N–H and O–H groups in total. The number of carbonyl (C=O) groups is 1. The highest BCUT2D eigenvalue weighted by Gasteiger charge is 2.58. The van der Waals surface area contributed by atoms with Gasteiger partial charge < -0.3 is 4.74 Å². The summed E-state index contributed by atoms with van der Waals surface area (Å²) in [5, 5.41) is 11.9. The lowest BCUT2D eigenvalue weighted by Gasteiger charge is -2.33. The number of esters is 1. The Hall–Kier alpha value is -1.72. The fraction of sp³-hybridized carbons (Fsp3) is 0.765. The molecule has 0 saturated carbocycles. The minimum Gasteiger partial charge on any atom is -0.458 e. The van der Waals surface area contributed by atoms with Gasteiger partial charge in [-0.3, -0.25) is 15.1 Å². The summed E-state index contributed by atoms with van der Waals surface area (Å²) < 4.78 is 5.34. The second-order valence-electron chi connectivity index (χ2n) is 8.19. The summed E-state index contributed by atoms with van der Waals surface area (Å²) in [6.07, 6.45) is 4.16. The van der Waals surface area contributed by atoms with E-state index in [0.717, 1.165) is 12.0 Å². The van der Waals surface area contributed by atoms with Crippen molar-refractivity contribution in [1.82, 2.24) is 0 Å². The van der Waals surface area contributed by atoms with E-state index in [-0.39, 0.29) is 16.8 Å². The molecule has 2 rings (SSSR count). The second kappa shape index (κ2) is 5.42. The molecule has 0 amide bonds. The fourth-order valence-electron chi connectivity index (χ4n) is 3.38. The van der Waals surface area contributed by atoms with Crippen LogP contribution in [-0.4, -0.2) is 34.3 Å². The van der Waals surface area contributed by atoms with Crippen molar-refractivity contribution in [3.63, 3.8) is 0 Å². The summed E-state index contributed by atoms with van der Waals surface area (Å²) >= 11 is 0. The van der Waals surface area contributed by atoms with E-state index in [1.54, 1.807) is 20.8 Å². The number of nitrogens with zero attached hydrogens (tertiary/aromatic N) is 2. The van der Waals surface area contributed by atoms with Crippen LogP contribution in [0.15, 0.2) is 16.6 Å². The Kier molecular flexibility index (Phi) is 4.16. The van der Waals surface area contributed by atoms with Crippen molar-refractivity contribution in [2.24, 2.45) is 16.3 Å². The number of rotatable bonds is 3. The quantitative estimate of drug-likeness (QED) is 0.346. The Morgan fingerprint density at radius 3 is 2.48 bits per heavy atom. The Morgan fingerprint density at radius 1 is 1.43 bits per heavy atom. The number of allylic oxidation sites excluding steroid dienone is 1. The van der Waals surface area contributed by atoms with Crippen LogP contribution in [0.5, 0.6) is 0 Å². The summed E-state index contributed by atoms with van der Waals surface area (Å²) in [6.45, 7) is 11.5. The molecule has 0 aromatic rings. The maximum atomic E-state index is 12.2. The predicted octanol–water partition coefficient (Wildman–Crippen LogP) is 3.18. The molecule has 3 atom stereocenters. The first kappa shape index (κ1) is 17.6. The molecule has 23 heavy (non-hydrogen) atoms. The molecule has 0 saturated heterocycles. The Balaban J connectivity index is 2.29. The highest BCUT2D eigenvalue weighted by atomic mass is 16.6. The average Bonchev–Trinajstić information content (AvgIpc) is 2.92. The zero-order valence-corrected chi connectivity index (χ0v) is 14.8. The van der Waals surface area contributed by atoms with Gasteiger partial charge in [-0.25, -0.2) is 4.79 Å². The van der Waals surface area contributed by atoms with Crippen molar-refractivity contribution in [2.45, 2.75) is 71.6 Å². The van der Waals surface area contributed by atoms with E-state index in [4.69, 9.17) is 4.74 Å². The van der Waals surface area contributed by atoms with Gasteiger partial charge in [0.05, 0.1) is 12.6 Å². The van der Waals surface area contributed by atoms with Crippen molar-refractivity contribution < 1.29 is 14.5 Å². The van der Waals surface area contributed by atoms with E-state index in [1.807, 2.05) is 19.9 Å². The molecular weight excluding hydrogens is 296 g/mol. The topological polar surface area (TPSA) is 81.8 Å². The first-order chi connectivity index (χ1) is 10.4. The van der Waals surface area contributed by atoms with Gasteiger partial charge >= 0.3 is 5.97 Å². The molecule has 1 aliphatic heterocycles. The molecule has 0 aromatic heterocycles. The van der Waals surface area contributed by atoms with Gasteiger partial charge in [-0.1, -0.05) is 26.8 Å². The average molecular weight is 322 g/mol. The predicted molar refractivity (Wildman–Crippen MR) is 88.1 cm³/mol. The molecule has 2 aliphatic rings. The van der Waals surface area contributed by atoms with Crippen molar-refractivity contribution >= 4 is 12.2 Å². The van der Waals surface area contributed by atoms with E-state index in [1.165, 1.54) is 6.21 Å². The smallest absolute Gasteiger partial charge is 0.331 e. The minimum absolute atomic E-state index is 0.0386. The molecule has 0 spiro atoms. The van der Waals surface area contributed by atoms with Gasteiger partial charge in [-0.15, -0.1) is 0 Å². The first-order valence-corrected chi connectivity index (χ1v) is 8.03. The van der Waals surface area contributed by atoms with Gasteiger partial charge in [0, 0.05) is 10.5 Å².